The summed E-state index contributed by atoms with van der Waals surface area (Å²) < 4.78 is 0. The molecule has 0 bridgehead atoms. The van der Waals surface area contributed by atoms with E-state index in [-0.39, 0.29) is 0 Å². The lowest BCUT2D eigenvalue weighted by Gasteiger charge is -2.20. The molecule has 0 saturated heterocycles. The highest BCUT2D eigenvalue weighted by Crippen LogP contribution is 2.36. The van der Waals surface area contributed by atoms with Crippen molar-refractivity contribution in [1.82, 2.24) is 0 Å². The molecule has 17 heavy (non-hydrogen) atoms. The minimum Gasteiger partial charge on any atom is -0.194 e. The maximum absolute atomic E-state index is 4.74. The molecule has 0 aliphatic heterocycles. The number of isothiocyanates is 1. The van der Waals surface area contributed by atoms with Crippen molar-refractivity contribution in [3.05, 3.63) is 29.3 Å². The summed E-state index contributed by atoms with van der Waals surface area (Å²) in [5, 5.41) is 2.50. The van der Waals surface area contributed by atoms with Crippen LogP contribution >= 0.6 is 12.2 Å². The van der Waals surface area contributed by atoms with Gasteiger partial charge in [-0.3, -0.25) is 0 Å². The zero-order chi connectivity index (χ0) is 12.8. The van der Waals surface area contributed by atoms with Crippen LogP contribution in [0.2, 0.25) is 0 Å². The van der Waals surface area contributed by atoms with Crippen LogP contribution in [0.3, 0.4) is 0 Å². The van der Waals surface area contributed by atoms with E-state index in [0.29, 0.717) is 11.8 Å². The van der Waals surface area contributed by atoms with E-state index in [1.807, 2.05) is 6.07 Å². The Morgan fingerprint density at radius 2 is 1.82 bits per heavy atom. The third kappa shape index (κ3) is 3.24. The van der Waals surface area contributed by atoms with Crippen molar-refractivity contribution in [3.63, 3.8) is 0 Å². The molecular weight excluding hydrogens is 226 g/mol. The van der Waals surface area contributed by atoms with E-state index in [0.717, 1.165) is 18.5 Å². The normalized spacial score (nSPS) is 13.9. The van der Waals surface area contributed by atoms with Crippen LogP contribution in [0.4, 0.5) is 5.69 Å². The molecule has 0 N–H and O–H groups in total. The quantitative estimate of drug-likeness (QED) is 0.498. The SMILES string of the molecule is CCC(C)c1cccc(N=C=S)c1C(C)CC. The molecule has 0 fully saturated rings. The molecule has 0 aromatic heterocycles. The summed E-state index contributed by atoms with van der Waals surface area (Å²) in [5.41, 5.74) is 3.75. The van der Waals surface area contributed by atoms with Crippen LogP contribution in [0.1, 0.15) is 63.5 Å². The molecule has 2 heteroatoms. The van der Waals surface area contributed by atoms with Crippen LogP contribution < -0.4 is 0 Å². The summed E-state index contributed by atoms with van der Waals surface area (Å²) in [5.74, 6) is 1.08. The fraction of sp³-hybridized carbons (Fsp3) is 0.533. The van der Waals surface area contributed by atoms with Gasteiger partial charge in [0.25, 0.3) is 0 Å². The molecule has 92 valence electrons. The van der Waals surface area contributed by atoms with Crippen LogP contribution in [0.15, 0.2) is 23.2 Å². The molecule has 0 spiro atoms. The van der Waals surface area contributed by atoms with Gasteiger partial charge in [-0.05, 0) is 54.1 Å². The Morgan fingerprint density at radius 1 is 1.18 bits per heavy atom. The maximum Gasteiger partial charge on any atom is 0.0777 e. The summed E-state index contributed by atoms with van der Waals surface area (Å²) >= 11 is 4.74. The lowest BCUT2D eigenvalue weighted by atomic mass is 9.85. The Morgan fingerprint density at radius 3 is 2.35 bits per heavy atom. The van der Waals surface area contributed by atoms with Crippen LogP contribution in [0.5, 0.6) is 0 Å². The van der Waals surface area contributed by atoms with Crippen molar-refractivity contribution in [3.8, 4) is 0 Å². The lowest BCUT2D eigenvalue weighted by molar-refractivity contribution is 0.677. The van der Waals surface area contributed by atoms with Gasteiger partial charge in [-0.1, -0.05) is 39.8 Å². The van der Waals surface area contributed by atoms with Gasteiger partial charge in [-0.2, -0.15) is 4.99 Å². The first-order chi connectivity index (χ1) is 8.15. The Balaban J connectivity index is 3.38. The van der Waals surface area contributed by atoms with Crippen molar-refractivity contribution >= 4 is 23.1 Å². The smallest absolute Gasteiger partial charge is 0.0777 e. The molecule has 2 unspecified atom stereocenters. The largest absolute Gasteiger partial charge is 0.194 e. The van der Waals surface area contributed by atoms with E-state index in [4.69, 9.17) is 12.2 Å². The predicted octanol–water partition coefficient (Wildman–Crippen LogP) is 5.45. The Bertz CT molecular complexity index is 419. The molecule has 0 aliphatic carbocycles. The summed E-state index contributed by atoms with van der Waals surface area (Å²) in [7, 11) is 0. The molecule has 2 atom stereocenters. The standard InChI is InChI=1S/C15H21NS/c1-5-11(3)13-8-7-9-14(16-10-17)15(13)12(4)6-2/h7-9,11-12H,5-6H2,1-4H3. The van der Waals surface area contributed by atoms with Crippen LogP contribution in [-0.2, 0) is 0 Å². The third-order valence-corrected chi connectivity index (χ3v) is 3.62. The van der Waals surface area contributed by atoms with Gasteiger partial charge in [0.05, 0.1) is 10.8 Å². The number of rotatable bonds is 5. The van der Waals surface area contributed by atoms with Gasteiger partial charge in [0.2, 0.25) is 0 Å². The van der Waals surface area contributed by atoms with Gasteiger partial charge < -0.3 is 0 Å². The van der Waals surface area contributed by atoms with Gasteiger partial charge in [0.1, 0.15) is 0 Å². The fourth-order valence-electron chi connectivity index (χ4n) is 2.11. The molecule has 1 aromatic rings. The van der Waals surface area contributed by atoms with Gasteiger partial charge in [-0.25, -0.2) is 0 Å². The maximum atomic E-state index is 4.74. The summed E-state index contributed by atoms with van der Waals surface area (Å²) in [4.78, 5) is 4.22. The number of nitrogens with zero attached hydrogens (tertiary/aromatic N) is 1. The van der Waals surface area contributed by atoms with E-state index >= 15 is 0 Å². The monoisotopic (exact) mass is 247 g/mol. The summed E-state index contributed by atoms with van der Waals surface area (Å²) in [6.07, 6.45) is 2.27. The molecule has 1 rings (SSSR count). The first-order valence-electron chi connectivity index (χ1n) is 6.36. The van der Waals surface area contributed by atoms with E-state index in [2.05, 4.69) is 50.0 Å². The molecule has 0 radical (unpaired) electrons. The van der Waals surface area contributed by atoms with Crippen LogP contribution in [0, 0.1) is 0 Å². The number of benzene rings is 1. The highest BCUT2D eigenvalue weighted by Gasteiger charge is 2.16. The first-order valence-corrected chi connectivity index (χ1v) is 6.77. The first kappa shape index (κ1) is 14.1. The number of hydrogen-bond acceptors (Lipinski definition) is 2. The second-order valence-electron chi connectivity index (χ2n) is 4.60. The van der Waals surface area contributed by atoms with Crippen molar-refractivity contribution in [2.24, 2.45) is 4.99 Å². The Kier molecular flexibility index (Phi) is 5.54. The summed E-state index contributed by atoms with van der Waals surface area (Å²) in [6.45, 7) is 8.96. The molecule has 0 heterocycles. The molecule has 0 amide bonds. The highest BCUT2D eigenvalue weighted by molar-refractivity contribution is 7.78. The Labute approximate surface area is 110 Å². The van der Waals surface area contributed by atoms with Crippen LogP contribution in [-0.4, -0.2) is 5.16 Å². The highest BCUT2D eigenvalue weighted by atomic mass is 32.1. The van der Waals surface area contributed by atoms with Gasteiger partial charge in [-0.15, -0.1) is 0 Å². The van der Waals surface area contributed by atoms with E-state index in [1.54, 1.807) is 0 Å². The van der Waals surface area contributed by atoms with Gasteiger partial charge >= 0.3 is 0 Å². The molecule has 1 nitrogen and oxygen atoms in total. The third-order valence-electron chi connectivity index (χ3n) is 3.53. The van der Waals surface area contributed by atoms with E-state index in [9.17, 15) is 0 Å². The second-order valence-corrected chi connectivity index (χ2v) is 4.78. The molecule has 0 saturated carbocycles. The average molecular weight is 247 g/mol. The van der Waals surface area contributed by atoms with Crippen molar-refractivity contribution < 1.29 is 0 Å². The van der Waals surface area contributed by atoms with Crippen molar-refractivity contribution in [1.29, 1.82) is 0 Å². The zero-order valence-electron chi connectivity index (χ0n) is 11.2. The molecule has 0 aliphatic rings. The molecular formula is C15H21NS. The Hall–Kier alpha value is -0.980. The van der Waals surface area contributed by atoms with Crippen molar-refractivity contribution in [2.75, 3.05) is 0 Å². The fourth-order valence-corrected chi connectivity index (χ4v) is 2.21. The average Bonchev–Trinajstić information content (AvgIpc) is 2.37. The zero-order valence-corrected chi connectivity index (χ0v) is 12.0. The minimum absolute atomic E-state index is 0.516. The van der Waals surface area contributed by atoms with Gasteiger partial charge in [0, 0.05) is 0 Å². The van der Waals surface area contributed by atoms with Crippen LogP contribution in [0.25, 0.3) is 0 Å². The number of hydrogen-bond donors (Lipinski definition) is 0. The number of aliphatic imine (C=N–C) groups is 1. The topological polar surface area (TPSA) is 12.4 Å². The van der Waals surface area contributed by atoms with E-state index in [1.165, 1.54) is 11.1 Å². The lowest BCUT2D eigenvalue weighted by Crippen LogP contribution is -2.02. The summed E-state index contributed by atoms with van der Waals surface area (Å²) in [6, 6.07) is 6.32. The molecule has 1 aromatic carbocycles. The number of thiocarbonyl (C=S) groups is 1. The van der Waals surface area contributed by atoms with Crippen molar-refractivity contribution in [2.45, 2.75) is 52.4 Å². The minimum atomic E-state index is 0.516. The second kappa shape index (κ2) is 6.68. The van der Waals surface area contributed by atoms with E-state index < -0.39 is 0 Å². The van der Waals surface area contributed by atoms with Gasteiger partial charge in [0.15, 0.2) is 0 Å². The predicted molar refractivity (Wildman–Crippen MR) is 78.5 cm³/mol.